The van der Waals surface area contributed by atoms with Crippen molar-refractivity contribution in [2.75, 3.05) is 5.75 Å². The molecule has 1 aromatic carbocycles. The lowest BCUT2D eigenvalue weighted by Gasteiger charge is -2.22. The molecule has 0 saturated heterocycles. The molecule has 0 aromatic heterocycles. The molecule has 1 N–H and O–H groups in total. The molecule has 2 rings (SSSR count). The fourth-order valence-corrected chi connectivity index (χ4v) is 3.96. The van der Waals surface area contributed by atoms with Crippen molar-refractivity contribution in [1.29, 1.82) is 0 Å². The van der Waals surface area contributed by atoms with Crippen molar-refractivity contribution in [3.8, 4) is 0 Å². The van der Waals surface area contributed by atoms with Crippen molar-refractivity contribution in [3.05, 3.63) is 29.3 Å². The summed E-state index contributed by atoms with van der Waals surface area (Å²) in [5.41, 5.74) is 3.00. The smallest absolute Gasteiger partial charge is 0.0221 e. The number of aryl methyl sites for hydroxylation is 1. The predicted molar refractivity (Wildman–Crippen MR) is 90.5 cm³/mol. The molecule has 0 atom stereocenters. The molecular weight excluding hydrogens is 262 g/mol. The maximum Gasteiger partial charge on any atom is 0.0221 e. The van der Waals surface area contributed by atoms with Crippen LogP contribution in [0.25, 0.3) is 0 Å². The Labute approximate surface area is 128 Å². The SMILES string of the molecule is Cc1ccc(SCC2CCCC2)c(CNC(C)(C)C)c1. The zero-order valence-electron chi connectivity index (χ0n) is 13.5. The van der Waals surface area contributed by atoms with Crippen molar-refractivity contribution < 1.29 is 0 Å². The molecule has 1 aliphatic rings. The molecule has 0 heterocycles. The molecule has 20 heavy (non-hydrogen) atoms. The minimum Gasteiger partial charge on any atom is -0.308 e. The first-order chi connectivity index (χ1) is 9.44. The highest BCUT2D eigenvalue weighted by Gasteiger charge is 2.16. The van der Waals surface area contributed by atoms with Gasteiger partial charge in [0.05, 0.1) is 0 Å². The van der Waals surface area contributed by atoms with Crippen molar-refractivity contribution in [2.45, 2.75) is 70.4 Å². The van der Waals surface area contributed by atoms with Crippen molar-refractivity contribution >= 4 is 11.8 Å². The third kappa shape index (κ3) is 5.14. The van der Waals surface area contributed by atoms with E-state index in [4.69, 9.17) is 0 Å². The lowest BCUT2D eigenvalue weighted by Crippen LogP contribution is -2.35. The molecule has 1 aliphatic carbocycles. The Morgan fingerprint density at radius 1 is 1.20 bits per heavy atom. The van der Waals surface area contributed by atoms with Gasteiger partial charge in [-0.3, -0.25) is 0 Å². The first-order valence-electron chi connectivity index (χ1n) is 7.91. The molecule has 1 nitrogen and oxygen atoms in total. The molecule has 112 valence electrons. The lowest BCUT2D eigenvalue weighted by molar-refractivity contribution is 0.422. The number of hydrogen-bond acceptors (Lipinski definition) is 2. The van der Waals surface area contributed by atoms with Crippen LogP contribution < -0.4 is 5.32 Å². The van der Waals surface area contributed by atoms with Gasteiger partial charge in [-0.2, -0.15) is 0 Å². The van der Waals surface area contributed by atoms with E-state index in [1.165, 1.54) is 47.5 Å². The molecule has 1 aromatic rings. The summed E-state index contributed by atoms with van der Waals surface area (Å²) in [6, 6.07) is 6.90. The number of hydrogen-bond donors (Lipinski definition) is 1. The predicted octanol–water partition coefficient (Wildman–Crippen LogP) is 5.17. The van der Waals surface area contributed by atoms with Gasteiger partial charge in [-0.05, 0) is 58.1 Å². The summed E-state index contributed by atoms with van der Waals surface area (Å²) in [6.07, 6.45) is 5.76. The monoisotopic (exact) mass is 291 g/mol. The van der Waals surface area contributed by atoms with Crippen LogP contribution in [0.15, 0.2) is 23.1 Å². The van der Waals surface area contributed by atoms with Crippen LogP contribution in [0, 0.1) is 12.8 Å². The fourth-order valence-electron chi connectivity index (χ4n) is 2.73. The van der Waals surface area contributed by atoms with E-state index in [9.17, 15) is 0 Å². The van der Waals surface area contributed by atoms with Crippen LogP contribution in [0.2, 0.25) is 0 Å². The Kier molecular flexibility index (Phi) is 5.57. The van der Waals surface area contributed by atoms with Gasteiger partial charge in [0.25, 0.3) is 0 Å². The van der Waals surface area contributed by atoms with E-state index in [1.807, 2.05) is 0 Å². The van der Waals surface area contributed by atoms with Crippen LogP contribution in [0.4, 0.5) is 0 Å². The minimum atomic E-state index is 0.178. The molecule has 0 amide bonds. The molecule has 0 unspecified atom stereocenters. The van der Waals surface area contributed by atoms with Crippen LogP contribution in [-0.2, 0) is 6.54 Å². The summed E-state index contributed by atoms with van der Waals surface area (Å²) in [6.45, 7) is 9.85. The average Bonchev–Trinajstić information content (AvgIpc) is 2.87. The van der Waals surface area contributed by atoms with Gasteiger partial charge in [0.2, 0.25) is 0 Å². The van der Waals surface area contributed by atoms with Crippen LogP contribution in [0.5, 0.6) is 0 Å². The van der Waals surface area contributed by atoms with Crippen molar-refractivity contribution in [2.24, 2.45) is 5.92 Å². The molecule has 0 spiro atoms. The van der Waals surface area contributed by atoms with E-state index in [-0.39, 0.29) is 5.54 Å². The van der Waals surface area contributed by atoms with Crippen LogP contribution in [0.1, 0.15) is 57.6 Å². The summed E-state index contributed by atoms with van der Waals surface area (Å²) < 4.78 is 0. The zero-order valence-corrected chi connectivity index (χ0v) is 14.3. The van der Waals surface area contributed by atoms with Crippen LogP contribution in [0.3, 0.4) is 0 Å². The van der Waals surface area contributed by atoms with E-state index in [2.05, 4.69) is 63.0 Å². The van der Waals surface area contributed by atoms with E-state index in [0.717, 1.165) is 12.5 Å². The fraction of sp³-hybridized carbons (Fsp3) is 0.667. The summed E-state index contributed by atoms with van der Waals surface area (Å²) in [5, 5.41) is 3.62. The molecule has 1 saturated carbocycles. The maximum atomic E-state index is 3.62. The Bertz CT molecular complexity index is 428. The quantitative estimate of drug-likeness (QED) is 0.752. The van der Waals surface area contributed by atoms with Gasteiger partial charge in [0.15, 0.2) is 0 Å². The van der Waals surface area contributed by atoms with Crippen molar-refractivity contribution in [1.82, 2.24) is 5.32 Å². The van der Waals surface area contributed by atoms with Gasteiger partial charge in [-0.1, -0.05) is 30.5 Å². The second-order valence-corrected chi connectivity index (χ2v) is 8.24. The second kappa shape index (κ2) is 7.00. The van der Waals surface area contributed by atoms with Gasteiger partial charge in [0, 0.05) is 22.7 Å². The normalized spacial score (nSPS) is 16.8. The maximum absolute atomic E-state index is 3.62. The second-order valence-electron chi connectivity index (χ2n) is 7.18. The average molecular weight is 292 g/mol. The number of thioether (sulfide) groups is 1. The third-order valence-corrected chi connectivity index (χ3v) is 5.32. The first-order valence-corrected chi connectivity index (χ1v) is 8.90. The Morgan fingerprint density at radius 3 is 2.55 bits per heavy atom. The summed E-state index contributed by atoms with van der Waals surface area (Å²) in [4.78, 5) is 1.47. The Morgan fingerprint density at radius 2 is 1.90 bits per heavy atom. The van der Waals surface area contributed by atoms with E-state index in [1.54, 1.807) is 0 Å². The summed E-state index contributed by atoms with van der Waals surface area (Å²) in [5.74, 6) is 2.25. The molecule has 2 heteroatoms. The molecule has 1 fully saturated rings. The third-order valence-electron chi connectivity index (χ3n) is 3.97. The molecular formula is C18H29NS. The molecule has 0 radical (unpaired) electrons. The Hall–Kier alpha value is -0.470. The summed E-state index contributed by atoms with van der Waals surface area (Å²) >= 11 is 2.06. The van der Waals surface area contributed by atoms with E-state index in [0.29, 0.717) is 0 Å². The largest absolute Gasteiger partial charge is 0.308 e. The van der Waals surface area contributed by atoms with Gasteiger partial charge in [-0.15, -0.1) is 11.8 Å². The molecule has 0 aliphatic heterocycles. The minimum absolute atomic E-state index is 0.178. The molecule has 0 bridgehead atoms. The number of rotatable bonds is 5. The van der Waals surface area contributed by atoms with Gasteiger partial charge < -0.3 is 5.32 Å². The number of nitrogens with one attached hydrogen (secondary N) is 1. The van der Waals surface area contributed by atoms with E-state index < -0.39 is 0 Å². The van der Waals surface area contributed by atoms with Crippen molar-refractivity contribution in [3.63, 3.8) is 0 Å². The van der Waals surface area contributed by atoms with Gasteiger partial charge >= 0.3 is 0 Å². The summed E-state index contributed by atoms with van der Waals surface area (Å²) in [7, 11) is 0. The first kappa shape index (κ1) is 15.9. The standard InChI is InChI=1S/C18H29NS/c1-14-9-10-17(20-13-15-7-5-6-8-15)16(11-14)12-19-18(2,3)4/h9-11,15,19H,5-8,12-13H2,1-4H3. The zero-order chi connectivity index (χ0) is 14.6. The lowest BCUT2D eigenvalue weighted by atomic mass is 10.1. The highest BCUT2D eigenvalue weighted by Crippen LogP contribution is 2.32. The highest BCUT2D eigenvalue weighted by atomic mass is 32.2. The van der Waals surface area contributed by atoms with Gasteiger partial charge in [-0.25, -0.2) is 0 Å². The van der Waals surface area contributed by atoms with Crippen LogP contribution >= 0.6 is 11.8 Å². The van der Waals surface area contributed by atoms with Crippen LogP contribution in [-0.4, -0.2) is 11.3 Å². The Balaban J connectivity index is 1.99. The highest BCUT2D eigenvalue weighted by molar-refractivity contribution is 7.99. The number of benzene rings is 1. The van der Waals surface area contributed by atoms with E-state index >= 15 is 0 Å². The topological polar surface area (TPSA) is 12.0 Å². The van der Waals surface area contributed by atoms with Gasteiger partial charge in [0.1, 0.15) is 0 Å².